The molecule has 6 rings (SSSR count). The molecule has 46 heavy (non-hydrogen) atoms. The average Bonchev–Trinajstić information content (AvgIpc) is 3.39. The summed E-state index contributed by atoms with van der Waals surface area (Å²) in [6.45, 7) is 17.2. The molecule has 0 N–H and O–H groups in total. The van der Waals surface area contributed by atoms with E-state index in [9.17, 15) is 0 Å². The molecule has 0 saturated carbocycles. The number of benzene rings is 5. The number of hydrogen-bond acceptors (Lipinski definition) is 0. The van der Waals surface area contributed by atoms with Crippen molar-refractivity contribution in [2.24, 2.45) is 0 Å². The minimum absolute atomic E-state index is 0.476. The number of hydrogen-bond donors (Lipinski definition) is 0. The summed E-state index contributed by atoms with van der Waals surface area (Å²) in [5.74, 6) is 0. The van der Waals surface area contributed by atoms with Gasteiger partial charge in [0.05, 0.1) is 5.41 Å². The van der Waals surface area contributed by atoms with Crippen LogP contribution in [0.1, 0.15) is 64.3 Å². The Kier molecular flexibility index (Phi) is 8.99. The summed E-state index contributed by atoms with van der Waals surface area (Å²) in [5.41, 5.74) is 15.5. The number of fused-ring (bicyclic) bond motifs is 3. The average molecular weight is 595 g/mol. The third kappa shape index (κ3) is 5.35. The van der Waals surface area contributed by atoms with E-state index in [0.29, 0.717) is 0 Å². The van der Waals surface area contributed by atoms with Gasteiger partial charge in [-0.1, -0.05) is 178 Å². The van der Waals surface area contributed by atoms with Crippen LogP contribution in [0, 0.1) is 6.92 Å². The van der Waals surface area contributed by atoms with E-state index in [4.69, 9.17) is 0 Å². The smallest absolute Gasteiger partial charge is 0.0714 e. The second-order valence-electron chi connectivity index (χ2n) is 12.2. The zero-order chi connectivity index (χ0) is 32.1. The van der Waals surface area contributed by atoms with Crippen molar-refractivity contribution in [3.63, 3.8) is 0 Å². The Bertz CT molecular complexity index is 1930. The summed E-state index contributed by atoms with van der Waals surface area (Å²) >= 11 is 0. The van der Waals surface area contributed by atoms with E-state index in [1.54, 1.807) is 0 Å². The maximum atomic E-state index is 4.35. The fourth-order valence-electron chi connectivity index (χ4n) is 7.28. The zero-order valence-electron chi connectivity index (χ0n) is 27.1. The normalized spacial score (nSPS) is 13.1. The zero-order valence-corrected chi connectivity index (χ0v) is 27.1. The fourth-order valence-corrected chi connectivity index (χ4v) is 7.28. The molecule has 0 fully saturated rings. The maximum absolute atomic E-state index is 4.35. The summed E-state index contributed by atoms with van der Waals surface area (Å²) in [7, 11) is 0. The Morgan fingerprint density at radius 3 is 1.98 bits per heavy atom. The van der Waals surface area contributed by atoms with Gasteiger partial charge >= 0.3 is 0 Å². The molecule has 0 aromatic heterocycles. The van der Waals surface area contributed by atoms with Crippen LogP contribution in [0.5, 0.6) is 0 Å². The molecule has 226 valence electrons. The van der Waals surface area contributed by atoms with Crippen LogP contribution in [-0.4, -0.2) is 0 Å². The Balaban J connectivity index is 1.53. The third-order valence-electron chi connectivity index (χ3n) is 9.38. The summed E-state index contributed by atoms with van der Waals surface area (Å²) in [5, 5.41) is 0. The Morgan fingerprint density at radius 2 is 1.35 bits per heavy atom. The molecular weight excluding hydrogens is 553 g/mol. The summed E-state index contributed by atoms with van der Waals surface area (Å²) in [6.07, 6.45) is 15.6. The van der Waals surface area contributed by atoms with Crippen LogP contribution in [0.25, 0.3) is 34.4 Å². The van der Waals surface area contributed by atoms with Gasteiger partial charge in [-0.25, -0.2) is 0 Å². The topological polar surface area (TPSA) is 0 Å². The third-order valence-corrected chi connectivity index (χ3v) is 9.38. The van der Waals surface area contributed by atoms with Crippen molar-refractivity contribution in [1.29, 1.82) is 0 Å². The van der Waals surface area contributed by atoms with Gasteiger partial charge in [0.1, 0.15) is 0 Å². The molecule has 0 bridgehead atoms. The van der Waals surface area contributed by atoms with Crippen LogP contribution in [0.2, 0.25) is 0 Å². The van der Waals surface area contributed by atoms with Gasteiger partial charge in [0, 0.05) is 0 Å². The summed E-state index contributed by atoms with van der Waals surface area (Å²) in [4.78, 5) is 0. The lowest BCUT2D eigenvalue weighted by Gasteiger charge is -2.34. The van der Waals surface area contributed by atoms with Gasteiger partial charge in [-0.05, 0) is 92.6 Å². The van der Waals surface area contributed by atoms with Crippen LogP contribution in [-0.2, 0) is 11.8 Å². The number of rotatable bonds is 11. The van der Waals surface area contributed by atoms with E-state index in [-0.39, 0.29) is 0 Å². The highest BCUT2D eigenvalue weighted by atomic mass is 14.5. The first-order valence-electron chi connectivity index (χ1n) is 16.3. The van der Waals surface area contributed by atoms with Gasteiger partial charge in [0.25, 0.3) is 0 Å². The maximum Gasteiger partial charge on any atom is 0.0714 e. The lowest BCUT2D eigenvalue weighted by Crippen LogP contribution is -2.28. The minimum Gasteiger partial charge on any atom is -0.0984 e. The van der Waals surface area contributed by atoms with Crippen molar-refractivity contribution in [3.05, 3.63) is 203 Å². The standard InChI is InChI=1S/C46H42/c1-6-20-33(4)21-12-9-13-22-35-29-30-36(31-34(35)5)42-32-44-45(40(8-3)39(42)7-2)41-27-18-19-28-43(41)46(44,37-23-14-10-15-24-37)38-25-16-11-17-26-38/h7-19,21,23-32H,2-4,6,20,22H2,1,5H3/b13-9-,21-12-. The molecule has 0 amide bonds. The van der Waals surface area contributed by atoms with E-state index >= 15 is 0 Å². The molecule has 0 saturated heterocycles. The first-order valence-corrected chi connectivity index (χ1v) is 16.3. The SMILES string of the molecule is C=Cc1c(-c2ccc(C/C=C\C=C/C(=C)CCC)c(C)c2)cc2c(c1C=C)-c1ccccc1C2(c1ccccc1)c1ccccc1. The summed E-state index contributed by atoms with van der Waals surface area (Å²) < 4.78 is 0. The molecule has 5 aromatic rings. The molecule has 0 atom stereocenters. The van der Waals surface area contributed by atoms with Crippen molar-refractivity contribution in [1.82, 2.24) is 0 Å². The predicted octanol–water partition coefficient (Wildman–Crippen LogP) is 12.3. The Morgan fingerprint density at radius 1 is 0.696 bits per heavy atom. The molecule has 0 nitrogen and oxygen atoms in total. The van der Waals surface area contributed by atoms with Crippen molar-refractivity contribution < 1.29 is 0 Å². The monoisotopic (exact) mass is 594 g/mol. The Hall–Kier alpha value is -5.20. The minimum atomic E-state index is -0.476. The lowest BCUT2D eigenvalue weighted by molar-refractivity contribution is 0.768. The Labute approximate surface area is 275 Å². The van der Waals surface area contributed by atoms with Crippen LogP contribution in [0.4, 0.5) is 0 Å². The number of aryl methyl sites for hydroxylation is 1. The van der Waals surface area contributed by atoms with Gasteiger partial charge in [0.15, 0.2) is 0 Å². The quantitative estimate of drug-likeness (QED) is 0.131. The number of allylic oxidation sites excluding steroid dienone is 5. The van der Waals surface area contributed by atoms with E-state index in [1.807, 2.05) is 12.2 Å². The van der Waals surface area contributed by atoms with E-state index < -0.39 is 5.41 Å². The second kappa shape index (κ2) is 13.4. The van der Waals surface area contributed by atoms with Crippen molar-refractivity contribution in [2.75, 3.05) is 0 Å². The van der Waals surface area contributed by atoms with Crippen molar-refractivity contribution >= 4 is 12.2 Å². The van der Waals surface area contributed by atoms with Crippen molar-refractivity contribution in [2.45, 2.75) is 38.5 Å². The van der Waals surface area contributed by atoms with Crippen LogP contribution in [0.3, 0.4) is 0 Å². The van der Waals surface area contributed by atoms with Gasteiger partial charge in [-0.2, -0.15) is 0 Å². The lowest BCUT2D eigenvalue weighted by atomic mass is 9.67. The van der Waals surface area contributed by atoms with E-state index in [0.717, 1.165) is 30.4 Å². The van der Waals surface area contributed by atoms with Crippen LogP contribution in [0.15, 0.2) is 159 Å². The molecule has 1 aliphatic rings. The first kappa shape index (κ1) is 30.8. The highest BCUT2D eigenvalue weighted by Crippen LogP contribution is 2.58. The van der Waals surface area contributed by atoms with E-state index in [1.165, 1.54) is 61.2 Å². The van der Waals surface area contributed by atoms with Crippen LogP contribution < -0.4 is 0 Å². The van der Waals surface area contributed by atoms with E-state index in [2.05, 4.69) is 167 Å². The predicted molar refractivity (Wildman–Crippen MR) is 200 cm³/mol. The fraction of sp³-hybridized carbons (Fsp3) is 0.130. The van der Waals surface area contributed by atoms with Crippen LogP contribution >= 0.6 is 0 Å². The van der Waals surface area contributed by atoms with Crippen molar-refractivity contribution in [3.8, 4) is 22.3 Å². The van der Waals surface area contributed by atoms with Gasteiger partial charge in [0.2, 0.25) is 0 Å². The first-order chi connectivity index (χ1) is 22.5. The van der Waals surface area contributed by atoms with Gasteiger partial charge < -0.3 is 0 Å². The van der Waals surface area contributed by atoms with Gasteiger partial charge in [-0.15, -0.1) is 0 Å². The second-order valence-corrected chi connectivity index (χ2v) is 12.2. The molecule has 1 aliphatic carbocycles. The molecule has 0 radical (unpaired) electrons. The highest BCUT2D eigenvalue weighted by molar-refractivity contribution is 5.97. The molecule has 5 aromatic carbocycles. The molecule has 0 heterocycles. The largest absolute Gasteiger partial charge is 0.0984 e. The molecule has 0 heteroatoms. The molecular formula is C46H42. The molecule has 0 aliphatic heterocycles. The molecule has 0 spiro atoms. The highest BCUT2D eigenvalue weighted by Gasteiger charge is 2.47. The summed E-state index contributed by atoms with van der Waals surface area (Å²) in [6, 6.07) is 40.1. The van der Waals surface area contributed by atoms with Gasteiger partial charge in [-0.3, -0.25) is 0 Å². The molecule has 0 unspecified atom stereocenters.